The Balaban J connectivity index is 1.83. The Kier molecular flexibility index (Phi) is 7.20. The van der Waals surface area contributed by atoms with Gasteiger partial charge < -0.3 is 14.8 Å². The molecule has 0 spiro atoms. The average molecular weight is 393 g/mol. The van der Waals surface area contributed by atoms with Gasteiger partial charge in [-0.05, 0) is 48.9 Å². The summed E-state index contributed by atoms with van der Waals surface area (Å²) in [5, 5.41) is 2.25. The first kappa shape index (κ1) is 21.0. The van der Waals surface area contributed by atoms with E-state index in [1.54, 1.807) is 24.3 Å². The maximum absolute atomic E-state index is 12.6. The van der Waals surface area contributed by atoms with Crippen LogP contribution in [0.15, 0.2) is 54.6 Å². The van der Waals surface area contributed by atoms with E-state index in [9.17, 15) is 22.8 Å². The second kappa shape index (κ2) is 9.59. The summed E-state index contributed by atoms with van der Waals surface area (Å²) in [7, 11) is 0. The number of nitrogens with one attached hydrogen (secondary N) is 1. The lowest BCUT2D eigenvalue weighted by atomic mass is 10.2. The quantitative estimate of drug-likeness (QED) is 0.563. The highest BCUT2D eigenvalue weighted by atomic mass is 19.4. The first-order chi connectivity index (χ1) is 13.3. The molecule has 0 aromatic heterocycles. The van der Waals surface area contributed by atoms with Gasteiger partial charge in [-0.1, -0.05) is 18.2 Å². The molecule has 28 heavy (non-hydrogen) atoms. The van der Waals surface area contributed by atoms with E-state index < -0.39 is 30.2 Å². The van der Waals surface area contributed by atoms with Crippen LogP contribution in [-0.4, -0.2) is 25.1 Å². The number of anilines is 1. The minimum absolute atomic E-state index is 0.0409. The molecular formula is C20H18F3NO4. The molecule has 0 unspecified atom stereocenters. The first-order valence-corrected chi connectivity index (χ1v) is 8.32. The van der Waals surface area contributed by atoms with Crippen molar-refractivity contribution in [2.75, 3.05) is 18.5 Å². The zero-order valence-electron chi connectivity index (χ0n) is 15.0. The van der Waals surface area contributed by atoms with Crippen LogP contribution >= 0.6 is 0 Å². The Morgan fingerprint density at radius 1 is 1.11 bits per heavy atom. The van der Waals surface area contributed by atoms with Crippen molar-refractivity contribution in [2.45, 2.75) is 13.1 Å². The zero-order chi connectivity index (χ0) is 20.6. The van der Waals surface area contributed by atoms with Crippen molar-refractivity contribution < 1.29 is 32.2 Å². The van der Waals surface area contributed by atoms with Crippen LogP contribution in [0, 0.1) is 0 Å². The van der Waals surface area contributed by atoms with Crippen LogP contribution in [0.5, 0.6) is 5.75 Å². The molecule has 2 aromatic rings. The van der Waals surface area contributed by atoms with Crippen molar-refractivity contribution in [3.63, 3.8) is 0 Å². The van der Waals surface area contributed by atoms with Crippen LogP contribution in [0.25, 0.3) is 6.08 Å². The molecule has 0 radical (unpaired) electrons. The van der Waals surface area contributed by atoms with Crippen molar-refractivity contribution in [3.05, 3.63) is 65.7 Å². The SMILES string of the molecule is CCOc1ccc(/C=C/C(=O)OCC(=O)Nc2cccc(C(F)(F)F)c2)cc1. The molecule has 0 aliphatic rings. The van der Waals surface area contributed by atoms with Gasteiger partial charge in [-0.15, -0.1) is 0 Å². The Hall–Kier alpha value is -3.29. The monoisotopic (exact) mass is 393 g/mol. The van der Waals surface area contributed by atoms with Crippen molar-refractivity contribution in [2.24, 2.45) is 0 Å². The number of carbonyl (C=O) groups is 2. The highest BCUT2D eigenvalue weighted by Crippen LogP contribution is 2.30. The fourth-order valence-electron chi connectivity index (χ4n) is 2.16. The lowest BCUT2D eigenvalue weighted by Gasteiger charge is -2.09. The zero-order valence-corrected chi connectivity index (χ0v) is 15.0. The number of benzene rings is 2. The summed E-state index contributed by atoms with van der Waals surface area (Å²) in [6.07, 6.45) is -1.87. The summed E-state index contributed by atoms with van der Waals surface area (Å²) in [5.41, 5.74) is -0.199. The molecule has 0 saturated carbocycles. The first-order valence-electron chi connectivity index (χ1n) is 8.32. The minimum atomic E-state index is -4.52. The van der Waals surface area contributed by atoms with Crippen LogP contribution < -0.4 is 10.1 Å². The maximum atomic E-state index is 12.6. The van der Waals surface area contributed by atoms with Gasteiger partial charge in [-0.3, -0.25) is 4.79 Å². The minimum Gasteiger partial charge on any atom is -0.494 e. The summed E-state index contributed by atoms with van der Waals surface area (Å²) in [6.45, 7) is 1.79. The lowest BCUT2D eigenvalue weighted by Crippen LogP contribution is -2.20. The Labute approximate surface area is 159 Å². The van der Waals surface area contributed by atoms with E-state index in [0.717, 1.165) is 23.8 Å². The second-order valence-corrected chi connectivity index (χ2v) is 5.57. The van der Waals surface area contributed by atoms with Gasteiger partial charge in [0.2, 0.25) is 0 Å². The number of esters is 1. The Morgan fingerprint density at radius 2 is 1.82 bits per heavy atom. The summed E-state index contributed by atoms with van der Waals surface area (Å²) >= 11 is 0. The molecule has 2 rings (SSSR count). The van der Waals surface area contributed by atoms with Crippen molar-refractivity contribution in [3.8, 4) is 5.75 Å². The number of alkyl halides is 3. The number of hydrogen-bond donors (Lipinski definition) is 1. The number of ether oxygens (including phenoxy) is 2. The molecule has 0 saturated heterocycles. The van der Waals surface area contributed by atoms with Gasteiger partial charge in [0.1, 0.15) is 5.75 Å². The Morgan fingerprint density at radius 3 is 2.46 bits per heavy atom. The predicted octanol–water partition coefficient (Wildman–Crippen LogP) is 4.30. The summed E-state index contributed by atoms with van der Waals surface area (Å²) in [6, 6.07) is 11.1. The van der Waals surface area contributed by atoms with Gasteiger partial charge in [-0.2, -0.15) is 13.2 Å². The molecule has 0 aliphatic heterocycles. The van der Waals surface area contributed by atoms with Gasteiger partial charge in [0.15, 0.2) is 6.61 Å². The fourth-order valence-corrected chi connectivity index (χ4v) is 2.16. The van der Waals surface area contributed by atoms with E-state index in [1.807, 2.05) is 6.92 Å². The van der Waals surface area contributed by atoms with E-state index in [-0.39, 0.29) is 5.69 Å². The number of hydrogen-bond acceptors (Lipinski definition) is 4. The molecule has 0 fully saturated rings. The van der Waals surface area contributed by atoms with Crippen molar-refractivity contribution in [1.82, 2.24) is 0 Å². The van der Waals surface area contributed by atoms with E-state index in [1.165, 1.54) is 18.2 Å². The smallest absolute Gasteiger partial charge is 0.416 e. The van der Waals surface area contributed by atoms with E-state index in [2.05, 4.69) is 5.32 Å². The molecule has 2 aromatic carbocycles. The average Bonchev–Trinajstić information content (AvgIpc) is 2.65. The number of amides is 1. The van der Waals surface area contributed by atoms with Crippen LogP contribution in [0.4, 0.5) is 18.9 Å². The van der Waals surface area contributed by atoms with E-state index >= 15 is 0 Å². The third-order valence-corrected chi connectivity index (χ3v) is 3.42. The molecule has 0 atom stereocenters. The van der Waals surface area contributed by atoms with Gasteiger partial charge in [0.05, 0.1) is 12.2 Å². The van der Waals surface area contributed by atoms with Crippen LogP contribution in [0.3, 0.4) is 0 Å². The molecule has 0 aliphatic carbocycles. The summed E-state index contributed by atoms with van der Waals surface area (Å²) in [5.74, 6) is -0.802. The standard InChI is InChI=1S/C20H18F3NO4/c1-2-27-17-9-6-14(7-10-17)8-11-19(26)28-13-18(25)24-16-5-3-4-15(12-16)20(21,22)23/h3-12H,2,13H2,1H3,(H,24,25)/b11-8+. The maximum Gasteiger partial charge on any atom is 0.416 e. The molecule has 8 heteroatoms. The van der Waals surface area contributed by atoms with Crippen molar-refractivity contribution >= 4 is 23.6 Å². The predicted molar refractivity (Wildman–Crippen MR) is 97.7 cm³/mol. The van der Waals surface area contributed by atoms with E-state index in [4.69, 9.17) is 9.47 Å². The highest BCUT2D eigenvalue weighted by Gasteiger charge is 2.30. The molecule has 5 nitrogen and oxygen atoms in total. The van der Waals surface area contributed by atoms with Crippen LogP contribution in [0.1, 0.15) is 18.1 Å². The third-order valence-electron chi connectivity index (χ3n) is 3.42. The number of carbonyl (C=O) groups excluding carboxylic acids is 2. The normalized spacial score (nSPS) is 11.3. The van der Waals surface area contributed by atoms with Crippen molar-refractivity contribution in [1.29, 1.82) is 0 Å². The van der Waals surface area contributed by atoms with Gasteiger partial charge >= 0.3 is 12.1 Å². The largest absolute Gasteiger partial charge is 0.494 e. The molecule has 1 amide bonds. The summed E-state index contributed by atoms with van der Waals surface area (Å²) < 4.78 is 48.0. The Bertz CT molecular complexity index is 845. The van der Waals surface area contributed by atoms with Gasteiger partial charge in [0.25, 0.3) is 5.91 Å². The van der Waals surface area contributed by atoms with Gasteiger partial charge in [-0.25, -0.2) is 4.79 Å². The number of halogens is 3. The number of rotatable bonds is 7. The van der Waals surface area contributed by atoms with Crippen LogP contribution in [0.2, 0.25) is 0 Å². The topological polar surface area (TPSA) is 64.6 Å². The second-order valence-electron chi connectivity index (χ2n) is 5.57. The molecule has 0 bridgehead atoms. The lowest BCUT2D eigenvalue weighted by molar-refractivity contribution is -0.142. The highest BCUT2D eigenvalue weighted by molar-refractivity contribution is 5.94. The summed E-state index contributed by atoms with van der Waals surface area (Å²) in [4.78, 5) is 23.4. The fraction of sp³-hybridized carbons (Fsp3) is 0.200. The molecule has 1 N–H and O–H groups in total. The third kappa shape index (κ3) is 6.79. The molecular weight excluding hydrogens is 375 g/mol. The van der Waals surface area contributed by atoms with Gasteiger partial charge in [0, 0.05) is 11.8 Å². The molecule has 0 heterocycles. The van der Waals surface area contributed by atoms with E-state index in [0.29, 0.717) is 12.4 Å². The van der Waals surface area contributed by atoms with Crippen LogP contribution in [-0.2, 0) is 20.5 Å². The molecule has 148 valence electrons.